The lowest BCUT2D eigenvalue weighted by molar-refractivity contribution is -0.146. The Labute approximate surface area is 163 Å². The lowest BCUT2D eigenvalue weighted by atomic mass is 10.2. The topological polar surface area (TPSA) is 89.5 Å². The first-order valence-corrected chi connectivity index (χ1v) is 10.9. The molecule has 1 N–H and O–H groups in total. The van der Waals surface area contributed by atoms with Crippen LogP contribution < -0.4 is 5.32 Å². The van der Waals surface area contributed by atoms with Crippen LogP contribution >= 0.6 is 11.8 Å². The summed E-state index contributed by atoms with van der Waals surface area (Å²) < 4.78 is 28.1. The number of hydrogen-bond donors (Lipinski definition) is 1. The molecule has 144 valence electrons. The Hall–Kier alpha value is -2.32. The highest BCUT2D eigenvalue weighted by Crippen LogP contribution is 2.24. The molecule has 0 heterocycles. The van der Waals surface area contributed by atoms with E-state index in [1.165, 1.54) is 30.0 Å². The van der Waals surface area contributed by atoms with Crippen molar-refractivity contribution in [1.82, 2.24) is 0 Å². The fourth-order valence-corrected chi connectivity index (χ4v) is 3.66. The number of nitrogens with one attached hydrogen (secondary N) is 1. The first-order valence-electron chi connectivity index (χ1n) is 8.15. The number of sulfone groups is 1. The molecule has 1 amide bonds. The molecule has 6 nitrogen and oxygen atoms in total. The van der Waals surface area contributed by atoms with Gasteiger partial charge in [0, 0.05) is 16.8 Å². The Morgan fingerprint density at radius 2 is 1.81 bits per heavy atom. The molecule has 27 heavy (non-hydrogen) atoms. The Balaban J connectivity index is 1.85. The van der Waals surface area contributed by atoms with Gasteiger partial charge in [-0.25, -0.2) is 8.42 Å². The van der Waals surface area contributed by atoms with Crippen LogP contribution in [0.3, 0.4) is 0 Å². The summed E-state index contributed by atoms with van der Waals surface area (Å²) in [7, 11) is -3.37. The van der Waals surface area contributed by atoms with Crippen LogP contribution in [0.1, 0.15) is 12.5 Å². The molecule has 0 fully saturated rings. The number of thioether (sulfide) groups is 1. The average molecular weight is 408 g/mol. The molecule has 0 aliphatic rings. The predicted molar refractivity (Wildman–Crippen MR) is 106 cm³/mol. The Kier molecular flexibility index (Phi) is 7.04. The number of esters is 1. The van der Waals surface area contributed by atoms with E-state index >= 15 is 0 Å². The van der Waals surface area contributed by atoms with Gasteiger partial charge >= 0.3 is 5.97 Å². The SMILES string of the molecule is Cc1ccc(S[C@H](C)C(=O)OCC(=O)Nc2cccc(S(C)(=O)=O)c2)cc1. The number of ether oxygens (including phenoxy) is 1. The summed E-state index contributed by atoms with van der Waals surface area (Å²) in [6.07, 6.45) is 1.09. The Morgan fingerprint density at radius 1 is 1.15 bits per heavy atom. The molecule has 8 heteroatoms. The van der Waals surface area contributed by atoms with Gasteiger partial charge in [0.2, 0.25) is 0 Å². The maximum absolute atomic E-state index is 12.1. The van der Waals surface area contributed by atoms with Gasteiger partial charge in [0.25, 0.3) is 5.91 Å². The number of benzene rings is 2. The van der Waals surface area contributed by atoms with Crippen LogP contribution in [-0.4, -0.2) is 38.4 Å². The highest BCUT2D eigenvalue weighted by Gasteiger charge is 2.17. The van der Waals surface area contributed by atoms with Crippen LogP contribution in [0, 0.1) is 6.92 Å². The van der Waals surface area contributed by atoms with Gasteiger partial charge in [-0.3, -0.25) is 9.59 Å². The zero-order valence-electron chi connectivity index (χ0n) is 15.3. The van der Waals surface area contributed by atoms with Gasteiger partial charge in [-0.1, -0.05) is 23.8 Å². The van der Waals surface area contributed by atoms with E-state index < -0.39 is 33.6 Å². The van der Waals surface area contributed by atoms with Crippen LogP contribution in [0.4, 0.5) is 5.69 Å². The van der Waals surface area contributed by atoms with E-state index in [2.05, 4.69) is 5.32 Å². The van der Waals surface area contributed by atoms with E-state index in [1.807, 2.05) is 31.2 Å². The van der Waals surface area contributed by atoms with Crippen molar-refractivity contribution in [3.05, 3.63) is 54.1 Å². The monoisotopic (exact) mass is 407 g/mol. The molecule has 0 aliphatic carbocycles. The minimum absolute atomic E-state index is 0.0976. The third-order valence-corrected chi connectivity index (χ3v) is 5.76. The quantitative estimate of drug-likeness (QED) is 0.560. The molecule has 2 rings (SSSR count). The van der Waals surface area contributed by atoms with Crippen molar-refractivity contribution in [1.29, 1.82) is 0 Å². The maximum Gasteiger partial charge on any atom is 0.319 e. The summed E-state index contributed by atoms with van der Waals surface area (Å²) >= 11 is 1.35. The number of carbonyl (C=O) groups is 2. The normalized spacial score (nSPS) is 12.3. The fourth-order valence-electron chi connectivity index (χ4n) is 2.12. The highest BCUT2D eigenvalue weighted by atomic mass is 32.2. The fraction of sp³-hybridized carbons (Fsp3) is 0.263. The van der Waals surface area contributed by atoms with Gasteiger partial charge in [-0.15, -0.1) is 11.8 Å². The maximum atomic E-state index is 12.1. The minimum Gasteiger partial charge on any atom is -0.455 e. The standard InChI is InChI=1S/C19H21NO5S2/c1-13-7-9-16(10-8-13)26-14(2)19(22)25-12-18(21)20-15-5-4-6-17(11-15)27(3,23)24/h4-11,14H,12H2,1-3H3,(H,20,21)/t14-/m1/s1. The van der Waals surface area contributed by atoms with Crippen LogP contribution in [0.25, 0.3) is 0 Å². The highest BCUT2D eigenvalue weighted by molar-refractivity contribution is 8.00. The molecule has 0 bridgehead atoms. The summed E-state index contributed by atoms with van der Waals surface area (Å²) in [5.41, 5.74) is 1.45. The summed E-state index contributed by atoms with van der Waals surface area (Å²) in [5, 5.41) is 2.05. The second-order valence-corrected chi connectivity index (χ2v) is 9.46. The molecule has 2 aromatic carbocycles. The average Bonchev–Trinajstić information content (AvgIpc) is 2.61. The van der Waals surface area contributed by atoms with Gasteiger partial charge in [-0.2, -0.15) is 0 Å². The predicted octanol–water partition coefficient (Wildman–Crippen LogP) is 3.06. The molecule has 0 aromatic heterocycles. The molecule has 0 aliphatic heterocycles. The molecule has 0 unspecified atom stereocenters. The lowest BCUT2D eigenvalue weighted by Gasteiger charge is -2.12. The van der Waals surface area contributed by atoms with Crippen molar-refractivity contribution >= 4 is 39.2 Å². The second kappa shape index (κ2) is 9.05. The Morgan fingerprint density at radius 3 is 2.44 bits per heavy atom. The van der Waals surface area contributed by atoms with Crippen molar-refractivity contribution in [2.45, 2.75) is 28.9 Å². The molecule has 1 atom stereocenters. The van der Waals surface area contributed by atoms with Crippen LogP contribution in [0.15, 0.2) is 58.3 Å². The van der Waals surface area contributed by atoms with Crippen LogP contribution in [0.5, 0.6) is 0 Å². The lowest BCUT2D eigenvalue weighted by Crippen LogP contribution is -2.24. The van der Waals surface area contributed by atoms with Crippen molar-refractivity contribution in [2.24, 2.45) is 0 Å². The third kappa shape index (κ3) is 6.73. The number of aryl methyl sites for hydroxylation is 1. The van der Waals surface area contributed by atoms with E-state index in [1.54, 1.807) is 13.0 Å². The van der Waals surface area contributed by atoms with Gasteiger partial charge in [0.15, 0.2) is 16.4 Å². The van der Waals surface area contributed by atoms with E-state index in [4.69, 9.17) is 4.74 Å². The zero-order chi connectivity index (χ0) is 20.0. The number of rotatable bonds is 7. The first kappa shape index (κ1) is 21.0. The smallest absolute Gasteiger partial charge is 0.319 e. The molecule has 0 saturated carbocycles. The largest absolute Gasteiger partial charge is 0.455 e. The van der Waals surface area contributed by atoms with E-state index in [9.17, 15) is 18.0 Å². The van der Waals surface area contributed by atoms with E-state index in [-0.39, 0.29) is 4.90 Å². The van der Waals surface area contributed by atoms with Crippen molar-refractivity contribution < 1.29 is 22.7 Å². The van der Waals surface area contributed by atoms with E-state index in [0.717, 1.165) is 16.7 Å². The summed E-state index contributed by atoms with van der Waals surface area (Å²) in [5.74, 6) is -1.04. The van der Waals surface area contributed by atoms with Gasteiger partial charge in [-0.05, 0) is 44.2 Å². The zero-order valence-corrected chi connectivity index (χ0v) is 16.9. The van der Waals surface area contributed by atoms with Crippen molar-refractivity contribution in [3.63, 3.8) is 0 Å². The van der Waals surface area contributed by atoms with Gasteiger partial charge < -0.3 is 10.1 Å². The van der Waals surface area contributed by atoms with Crippen molar-refractivity contribution in [2.75, 3.05) is 18.2 Å². The number of hydrogen-bond acceptors (Lipinski definition) is 6. The molecular formula is C19H21NO5S2. The first-order chi connectivity index (χ1) is 12.6. The summed E-state index contributed by atoms with van der Waals surface area (Å²) in [6, 6.07) is 13.6. The molecule has 0 saturated heterocycles. The van der Waals surface area contributed by atoms with Gasteiger partial charge in [0.05, 0.1) is 4.90 Å². The number of amides is 1. The second-order valence-electron chi connectivity index (χ2n) is 6.03. The summed E-state index contributed by atoms with van der Waals surface area (Å²) in [4.78, 5) is 25.0. The number of carbonyl (C=O) groups excluding carboxylic acids is 2. The van der Waals surface area contributed by atoms with Crippen LogP contribution in [-0.2, 0) is 24.2 Å². The summed E-state index contributed by atoms with van der Waals surface area (Å²) in [6.45, 7) is 3.25. The Bertz CT molecular complexity index is 923. The van der Waals surface area contributed by atoms with Gasteiger partial charge in [0.1, 0.15) is 5.25 Å². The molecule has 2 aromatic rings. The van der Waals surface area contributed by atoms with Crippen LogP contribution in [0.2, 0.25) is 0 Å². The molecule has 0 radical (unpaired) electrons. The third-order valence-electron chi connectivity index (χ3n) is 3.56. The van der Waals surface area contributed by atoms with Crippen molar-refractivity contribution in [3.8, 4) is 0 Å². The van der Waals surface area contributed by atoms with E-state index in [0.29, 0.717) is 5.69 Å². The number of anilines is 1. The minimum atomic E-state index is -3.37. The molecular weight excluding hydrogens is 386 g/mol. The molecule has 0 spiro atoms.